The molecule has 0 radical (unpaired) electrons. The smallest absolute Gasteiger partial charge is 0.399 e. The molecule has 1 aromatic carbocycles. The Labute approximate surface area is 122 Å². The molecule has 0 aliphatic carbocycles. The van der Waals surface area contributed by atoms with E-state index < -0.39 is 30.0 Å². The van der Waals surface area contributed by atoms with E-state index in [9.17, 15) is 8.78 Å². The van der Waals surface area contributed by atoms with Crippen molar-refractivity contribution >= 4 is 23.5 Å². The summed E-state index contributed by atoms with van der Waals surface area (Å²) < 4.78 is 41.3. The van der Waals surface area contributed by atoms with Crippen molar-refractivity contribution in [1.29, 1.82) is 0 Å². The van der Waals surface area contributed by atoms with E-state index in [1.165, 1.54) is 4.68 Å². The normalized spacial score (nSPS) is 20.4. The van der Waals surface area contributed by atoms with Crippen molar-refractivity contribution in [2.45, 2.75) is 38.9 Å². The van der Waals surface area contributed by atoms with E-state index in [-0.39, 0.29) is 11.0 Å². The van der Waals surface area contributed by atoms with Crippen molar-refractivity contribution in [1.82, 2.24) is 9.78 Å². The van der Waals surface area contributed by atoms with Gasteiger partial charge in [0, 0.05) is 30.2 Å². The predicted octanol–water partition coefficient (Wildman–Crippen LogP) is 2.15. The van der Waals surface area contributed by atoms with Crippen LogP contribution in [0.15, 0.2) is 12.3 Å². The molecule has 0 amide bonds. The van der Waals surface area contributed by atoms with Crippen molar-refractivity contribution in [3.63, 3.8) is 0 Å². The first kappa shape index (κ1) is 14.5. The Hall–Kier alpha value is -1.47. The Morgan fingerprint density at radius 3 is 2.24 bits per heavy atom. The van der Waals surface area contributed by atoms with E-state index in [0.29, 0.717) is 5.39 Å². The molecule has 0 bridgehead atoms. The largest absolute Gasteiger partial charge is 0.498 e. The van der Waals surface area contributed by atoms with Gasteiger partial charge in [-0.15, -0.1) is 0 Å². The fourth-order valence-electron chi connectivity index (χ4n) is 2.45. The van der Waals surface area contributed by atoms with Gasteiger partial charge in [-0.2, -0.15) is 5.10 Å². The Morgan fingerprint density at radius 1 is 1.10 bits per heavy atom. The number of hydrogen-bond acceptors (Lipinski definition) is 3. The van der Waals surface area contributed by atoms with Crippen molar-refractivity contribution in [2.75, 3.05) is 0 Å². The third kappa shape index (κ3) is 2.07. The minimum absolute atomic E-state index is 0.114. The van der Waals surface area contributed by atoms with Crippen LogP contribution in [0, 0.1) is 11.6 Å². The zero-order valence-corrected chi connectivity index (χ0v) is 12.7. The molecular weight excluding hydrogens is 277 g/mol. The average molecular weight is 294 g/mol. The second-order valence-corrected chi connectivity index (χ2v) is 6.41. The standard InChI is InChI=1S/C14H17BF2N2O2/c1-13(2)14(3,4)21-15(20-13)11-8-7-19(5)18-12(8)10(17)6-9(11)16/h6-7H,1-5H3. The van der Waals surface area contributed by atoms with Crippen LogP contribution >= 0.6 is 0 Å². The fraction of sp³-hybridized carbons (Fsp3) is 0.500. The number of fused-ring (bicyclic) bond motifs is 1. The highest BCUT2D eigenvalue weighted by Gasteiger charge is 2.53. The van der Waals surface area contributed by atoms with Gasteiger partial charge < -0.3 is 9.31 Å². The minimum atomic E-state index is -0.887. The number of halogens is 2. The fourth-order valence-corrected chi connectivity index (χ4v) is 2.45. The Kier molecular flexibility index (Phi) is 2.94. The van der Waals surface area contributed by atoms with E-state index in [4.69, 9.17) is 9.31 Å². The molecule has 1 aliphatic heterocycles. The maximum absolute atomic E-state index is 14.3. The lowest BCUT2D eigenvalue weighted by atomic mass is 9.76. The summed E-state index contributed by atoms with van der Waals surface area (Å²) in [5, 5.41) is 4.39. The Balaban J connectivity index is 2.18. The van der Waals surface area contributed by atoms with Crippen LogP contribution in [0.25, 0.3) is 10.9 Å². The highest BCUT2D eigenvalue weighted by Crippen LogP contribution is 2.37. The molecule has 1 saturated heterocycles. The lowest BCUT2D eigenvalue weighted by molar-refractivity contribution is 0.00578. The van der Waals surface area contributed by atoms with E-state index in [0.717, 1.165) is 6.07 Å². The molecule has 0 spiro atoms. The third-order valence-electron chi connectivity index (χ3n) is 4.34. The first-order valence-corrected chi connectivity index (χ1v) is 6.79. The van der Waals surface area contributed by atoms with Crippen LogP contribution in [0.5, 0.6) is 0 Å². The number of rotatable bonds is 1. The molecule has 1 aromatic heterocycles. The van der Waals surface area contributed by atoms with Gasteiger partial charge in [-0.3, -0.25) is 4.68 Å². The Bertz CT molecular complexity index is 711. The van der Waals surface area contributed by atoms with E-state index in [1.54, 1.807) is 13.2 Å². The number of aryl methyl sites for hydroxylation is 1. The van der Waals surface area contributed by atoms with Crippen LogP contribution in [0.1, 0.15) is 27.7 Å². The first-order valence-electron chi connectivity index (χ1n) is 6.79. The lowest BCUT2D eigenvalue weighted by Crippen LogP contribution is -2.41. The molecule has 3 rings (SSSR count). The maximum Gasteiger partial charge on any atom is 0.498 e. The minimum Gasteiger partial charge on any atom is -0.399 e. The van der Waals surface area contributed by atoms with Crippen LogP contribution in [0.4, 0.5) is 8.78 Å². The number of nitrogens with zero attached hydrogens (tertiary/aromatic N) is 2. The highest BCUT2D eigenvalue weighted by atomic mass is 19.1. The molecule has 0 unspecified atom stereocenters. The SMILES string of the molecule is Cn1cc2c(B3OC(C)(C)C(C)(C)O3)c(F)cc(F)c2n1. The summed E-state index contributed by atoms with van der Waals surface area (Å²) in [7, 11) is 0.771. The van der Waals surface area contributed by atoms with Crippen LogP contribution < -0.4 is 5.46 Å². The summed E-state index contributed by atoms with van der Waals surface area (Å²) in [6.45, 7) is 7.54. The molecule has 21 heavy (non-hydrogen) atoms. The zero-order chi connectivity index (χ0) is 15.6. The van der Waals surface area contributed by atoms with Gasteiger partial charge in [-0.05, 0) is 27.7 Å². The van der Waals surface area contributed by atoms with Gasteiger partial charge in [0.15, 0.2) is 5.82 Å². The number of benzene rings is 1. The predicted molar refractivity (Wildman–Crippen MR) is 76.3 cm³/mol. The molecule has 112 valence electrons. The topological polar surface area (TPSA) is 36.3 Å². The number of aromatic nitrogens is 2. The zero-order valence-electron chi connectivity index (χ0n) is 12.7. The monoisotopic (exact) mass is 294 g/mol. The third-order valence-corrected chi connectivity index (χ3v) is 4.34. The summed E-state index contributed by atoms with van der Waals surface area (Å²) in [4.78, 5) is 0. The maximum atomic E-state index is 14.3. The van der Waals surface area contributed by atoms with Crippen molar-refractivity contribution in [3.8, 4) is 0 Å². The molecule has 2 aromatic rings. The van der Waals surface area contributed by atoms with E-state index in [2.05, 4.69) is 5.10 Å². The van der Waals surface area contributed by atoms with Gasteiger partial charge in [0.2, 0.25) is 0 Å². The number of hydrogen-bond donors (Lipinski definition) is 0. The average Bonchev–Trinajstić information content (AvgIpc) is 2.77. The van der Waals surface area contributed by atoms with Gasteiger partial charge in [-0.25, -0.2) is 8.78 Å². The summed E-state index contributed by atoms with van der Waals surface area (Å²) in [6, 6.07) is 0.829. The molecule has 1 aliphatic rings. The van der Waals surface area contributed by atoms with Crippen molar-refractivity contribution < 1.29 is 18.1 Å². The van der Waals surface area contributed by atoms with Crippen LogP contribution in [-0.4, -0.2) is 28.1 Å². The van der Waals surface area contributed by atoms with Gasteiger partial charge in [0.05, 0.1) is 11.2 Å². The highest BCUT2D eigenvalue weighted by molar-refractivity contribution is 6.65. The van der Waals surface area contributed by atoms with Crippen molar-refractivity contribution in [3.05, 3.63) is 23.9 Å². The van der Waals surface area contributed by atoms with E-state index >= 15 is 0 Å². The van der Waals surface area contributed by atoms with Gasteiger partial charge in [0.1, 0.15) is 11.3 Å². The molecule has 1 fully saturated rings. The van der Waals surface area contributed by atoms with Crippen molar-refractivity contribution in [2.24, 2.45) is 7.05 Å². The molecule has 7 heteroatoms. The molecular formula is C14H17BF2N2O2. The molecule has 0 atom stereocenters. The van der Waals surface area contributed by atoms with Crippen LogP contribution in [-0.2, 0) is 16.4 Å². The summed E-state index contributed by atoms with van der Waals surface area (Å²) >= 11 is 0. The summed E-state index contributed by atoms with van der Waals surface area (Å²) in [5.74, 6) is -1.38. The lowest BCUT2D eigenvalue weighted by Gasteiger charge is -2.32. The van der Waals surface area contributed by atoms with Gasteiger partial charge in [-0.1, -0.05) is 0 Å². The van der Waals surface area contributed by atoms with E-state index in [1.807, 2.05) is 27.7 Å². The van der Waals surface area contributed by atoms with Crippen LogP contribution in [0.2, 0.25) is 0 Å². The van der Waals surface area contributed by atoms with Crippen LogP contribution in [0.3, 0.4) is 0 Å². The second-order valence-electron chi connectivity index (χ2n) is 6.41. The first-order chi connectivity index (χ1) is 9.62. The molecule has 4 nitrogen and oxygen atoms in total. The van der Waals surface area contributed by atoms with Gasteiger partial charge >= 0.3 is 7.12 Å². The molecule has 0 saturated carbocycles. The Morgan fingerprint density at radius 2 is 1.67 bits per heavy atom. The van der Waals surface area contributed by atoms with Gasteiger partial charge in [0.25, 0.3) is 0 Å². The quantitative estimate of drug-likeness (QED) is 0.756. The molecule has 2 heterocycles. The summed E-state index contributed by atoms with van der Waals surface area (Å²) in [5.41, 5.74) is -0.873. The molecule has 0 N–H and O–H groups in total. The second kappa shape index (κ2) is 4.27. The summed E-state index contributed by atoms with van der Waals surface area (Å²) in [6.07, 6.45) is 1.57.